The van der Waals surface area contributed by atoms with Crippen molar-refractivity contribution in [1.82, 2.24) is 4.90 Å². The lowest BCUT2D eigenvalue weighted by atomic mass is 9.91. The SMILES string of the molecule is CC(C)C1CCC(N)CN1C. The number of nitrogens with zero attached hydrogens (tertiary/aromatic N) is 1. The van der Waals surface area contributed by atoms with Gasteiger partial charge in [-0.2, -0.15) is 0 Å². The molecular weight excluding hydrogens is 136 g/mol. The number of nitrogens with two attached hydrogens (primary N) is 1. The van der Waals surface area contributed by atoms with Gasteiger partial charge in [0, 0.05) is 18.6 Å². The number of hydrogen-bond acceptors (Lipinski definition) is 2. The Kier molecular flexibility index (Phi) is 2.90. The quantitative estimate of drug-likeness (QED) is 0.615. The van der Waals surface area contributed by atoms with Crippen LogP contribution in [0.25, 0.3) is 0 Å². The predicted octanol–water partition coefficient (Wildman–Crippen LogP) is 1.06. The molecule has 0 aromatic rings. The molecule has 2 unspecified atom stereocenters. The first-order valence-corrected chi connectivity index (χ1v) is 4.57. The van der Waals surface area contributed by atoms with Gasteiger partial charge in [-0.05, 0) is 25.8 Å². The van der Waals surface area contributed by atoms with Crippen molar-refractivity contribution in [1.29, 1.82) is 0 Å². The molecule has 1 aliphatic heterocycles. The van der Waals surface area contributed by atoms with Crippen LogP contribution in [0.3, 0.4) is 0 Å². The van der Waals surface area contributed by atoms with Crippen molar-refractivity contribution < 1.29 is 0 Å². The van der Waals surface area contributed by atoms with Crippen LogP contribution < -0.4 is 5.73 Å². The van der Waals surface area contributed by atoms with Crippen LogP contribution >= 0.6 is 0 Å². The van der Waals surface area contributed by atoms with E-state index in [1.807, 2.05) is 0 Å². The summed E-state index contributed by atoms with van der Waals surface area (Å²) in [6.45, 7) is 5.65. The molecule has 2 heteroatoms. The third-order valence-corrected chi connectivity index (χ3v) is 2.69. The topological polar surface area (TPSA) is 29.3 Å². The first kappa shape index (κ1) is 9.01. The van der Waals surface area contributed by atoms with Gasteiger partial charge < -0.3 is 10.6 Å². The molecule has 1 saturated heterocycles. The maximum atomic E-state index is 5.85. The summed E-state index contributed by atoms with van der Waals surface area (Å²) < 4.78 is 0. The standard InChI is InChI=1S/C9H20N2/c1-7(2)9-5-4-8(10)6-11(9)3/h7-9H,4-6,10H2,1-3H3. The Hall–Kier alpha value is -0.0800. The van der Waals surface area contributed by atoms with Gasteiger partial charge in [0.25, 0.3) is 0 Å². The second kappa shape index (κ2) is 3.55. The number of hydrogen-bond donors (Lipinski definition) is 1. The predicted molar refractivity (Wildman–Crippen MR) is 48.5 cm³/mol. The van der Waals surface area contributed by atoms with Crippen LogP contribution in [-0.4, -0.2) is 30.6 Å². The summed E-state index contributed by atoms with van der Waals surface area (Å²) in [6, 6.07) is 1.17. The molecule has 0 spiro atoms. The maximum absolute atomic E-state index is 5.85. The zero-order chi connectivity index (χ0) is 8.43. The highest BCUT2D eigenvalue weighted by Gasteiger charge is 2.25. The van der Waals surface area contributed by atoms with Crippen molar-refractivity contribution in [3.63, 3.8) is 0 Å². The first-order chi connectivity index (χ1) is 5.11. The van der Waals surface area contributed by atoms with Crippen molar-refractivity contribution >= 4 is 0 Å². The lowest BCUT2D eigenvalue weighted by Crippen LogP contribution is -2.48. The van der Waals surface area contributed by atoms with Crippen LogP contribution in [-0.2, 0) is 0 Å². The summed E-state index contributed by atoms with van der Waals surface area (Å²) in [7, 11) is 2.18. The average molecular weight is 156 g/mol. The molecule has 1 aliphatic rings. The molecule has 0 amide bonds. The van der Waals surface area contributed by atoms with Crippen molar-refractivity contribution in [3.8, 4) is 0 Å². The minimum Gasteiger partial charge on any atom is -0.327 e. The summed E-state index contributed by atoms with van der Waals surface area (Å²) in [5.74, 6) is 0.771. The van der Waals surface area contributed by atoms with Crippen LogP contribution in [0, 0.1) is 5.92 Å². The van der Waals surface area contributed by atoms with E-state index in [9.17, 15) is 0 Å². The minimum atomic E-state index is 0.412. The van der Waals surface area contributed by atoms with Crippen LogP contribution in [0.1, 0.15) is 26.7 Å². The Balaban J connectivity index is 2.44. The van der Waals surface area contributed by atoms with E-state index < -0.39 is 0 Å². The van der Waals surface area contributed by atoms with Gasteiger partial charge in [0.2, 0.25) is 0 Å². The number of likely N-dealkylation sites (tertiary alicyclic amines) is 1. The second-order valence-corrected chi connectivity index (χ2v) is 4.09. The molecular formula is C9H20N2. The van der Waals surface area contributed by atoms with Gasteiger partial charge in [-0.1, -0.05) is 13.8 Å². The molecule has 2 atom stereocenters. The Bertz CT molecular complexity index is 123. The molecule has 0 bridgehead atoms. The van der Waals surface area contributed by atoms with Crippen molar-refractivity contribution in [3.05, 3.63) is 0 Å². The summed E-state index contributed by atoms with van der Waals surface area (Å²) in [4.78, 5) is 2.40. The van der Waals surface area contributed by atoms with Crippen LogP contribution in [0.5, 0.6) is 0 Å². The van der Waals surface area contributed by atoms with Crippen molar-refractivity contribution in [2.24, 2.45) is 11.7 Å². The highest BCUT2D eigenvalue weighted by molar-refractivity contribution is 4.82. The van der Waals surface area contributed by atoms with Gasteiger partial charge in [-0.25, -0.2) is 0 Å². The van der Waals surface area contributed by atoms with E-state index in [1.165, 1.54) is 12.8 Å². The zero-order valence-electron chi connectivity index (χ0n) is 7.88. The summed E-state index contributed by atoms with van der Waals surface area (Å²) in [6.07, 6.45) is 2.47. The van der Waals surface area contributed by atoms with Gasteiger partial charge in [-0.3, -0.25) is 0 Å². The molecule has 0 saturated carbocycles. The Morgan fingerprint density at radius 1 is 1.36 bits per heavy atom. The van der Waals surface area contributed by atoms with Crippen LogP contribution in [0.15, 0.2) is 0 Å². The highest BCUT2D eigenvalue weighted by Crippen LogP contribution is 2.20. The number of rotatable bonds is 1. The van der Waals surface area contributed by atoms with Gasteiger partial charge in [0.05, 0.1) is 0 Å². The van der Waals surface area contributed by atoms with E-state index in [1.54, 1.807) is 0 Å². The maximum Gasteiger partial charge on any atom is 0.0168 e. The minimum absolute atomic E-state index is 0.412. The van der Waals surface area contributed by atoms with Gasteiger partial charge in [0.1, 0.15) is 0 Å². The van der Waals surface area contributed by atoms with Gasteiger partial charge in [-0.15, -0.1) is 0 Å². The lowest BCUT2D eigenvalue weighted by molar-refractivity contribution is 0.130. The zero-order valence-corrected chi connectivity index (χ0v) is 7.88. The van der Waals surface area contributed by atoms with E-state index in [0.29, 0.717) is 6.04 Å². The van der Waals surface area contributed by atoms with Crippen LogP contribution in [0.2, 0.25) is 0 Å². The lowest BCUT2D eigenvalue weighted by Gasteiger charge is -2.38. The molecule has 1 rings (SSSR count). The molecule has 2 nitrogen and oxygen atoms in total. The fourth-order valence-electron chi connectivity index (χ4n) is 2.04. The molecule has 1 heterocycles. The van der Waals surface area contributed by atoms with E-state index in [2.05, 4.69) is 25.8 Å². The summed E-state index contributed by atoms with van der Waals surface area (Å²) in [5, 5.41) is 0. The van der Waals surface area contributed by atoms with E-state index in [4.69, 9.17) is 5.73 Å². The number of likely N-dealkylation sites (N-methyl/N-ethyl adjacent to an activating group) is 1. The first-order valence-electron chi connectivity index (χ1n) is 4.57. The molecule has 1 fully saturated rings. The molecule has 0 aromatic heterocycles. The number of piperidine rings is 1. The third-order valence-electron chi connectivity index (χ3n) is 2.69. The molecule has 0 aromatic carbocycles. The van der Waals surface area contributed by atoms with Gasteiger partial charge in [0.15, 0.2) is 0 Å². The average Bonchev–Trinajstić information content (AvgIpc) is 1.85. The van der Waals surface area contributed by atoms with Crippen LogP contribution in [0.4, 0.5) is 0 Å². The largest absolute Gasteiger partial charge is 0.327 e. The molecule has 11 heavy (non-hydrogen) atoms. The molecule has 66 valence electrons. The van der Waals surface area contributed by atoms with E-state index in [-0.39, 0.29) is 0 Å². The smallest absolute Gasteiger partial charge is 0.0168 e. The normalized spacial score (nSPS) is 34.6. The van der Waals surface area contributed by atoms with E-state index >= 15 is 0 Å². The summed E-state index contributed by atoms with van der Waals surface area (Å²) >= 11 is 0. The van der Waals surface area contributed by atoms with Crippen molar-refractivity contribution in [2.75, 3.05) is 13.6 Å². The Morgan fingerprint density at radius 3 is 2.45 bits per heavy atom. The molecule has 2 N–H and O–H groups in total. The molecule has 0 radical (unpaired) electrons. The highest BCUT2D eigenvalue weighted by atomic mass is 15.2. The van der Waals surface area contributed by atoms with Gasteiger partial charge >= 0.3 is 0 Å². The summed E-state index contributed by atoms with van der Waals surface area (Å²) in [5.41, 5.74) is 5.85. The third kappa shape index (κ3) is 2.17. The van der Waals surface area contributed by atoms with Crippen molar-refractivity contribution in [2.45, 2.75) is 38.8 Å². The molecule has 0 aliphatic carbocycles. The second-order valence-electron chi connectivity index (χ2n) is 4.09. The van der Waals surface area contributed by atoms with E-state index in [0.717, 1.165) is 18.5 Å². The Labute approximate surface area is 69.8 Å². The monoisotopic (exact) mass is 156 g/mol. The fourth-order valence-corrected chi connectivity index (χ4v) is 2.04. The fraction of sp³-hybridized carbons (Fsp3) is 1.00. The Morgan fingerprint density at radius 2 is 2.00 bits per heavy atom.